The van der Waals surface area contributed by atoms with Crippen LogP contribution in [0.15, 0.2) is 455 Å². The Morgan fingerprint density at radius 2 is 0.336 bits per heavy atom. The third-order valence-corrected chi connectivity index (χ3v) is 35.1. The second kappa shape index (κ2) is 31.0. The Kier molecular flexibility index (Phi) is 19.2. The van der Waals surface area contributed by atoms with Gasteiger partial charge in [0.25, 0.3) is 0 Å². The summed E-state index contributed by atoms with van der Waals surface area (Å²) < 4.78 is 14.3. The lowest BCUT2D eigenvalue weighted by Gasteiger charge is -2.36. The minimum atomic E-state index is -3.47. The van der Waals surface area contributed by atoms with Crippen LogP contribution in [0.2, 0.25) is 0 Å². The van der Waals surface area contributed by atoms with Crippen LogP contribution in [0.5, 0.6) is 0 Å². The van der Waals surface area contributed by atoms with Crippen molar-refractivity contribution in [1.82, 2.24) is 23.3 Å². The molecule has 0 amide bonds. The molecule has 0 atom stereocenters. The van der Waals surface area contributed by atoms with Gasteiger partial charge in [-0.3, -0.25) is 0 Å². The topological polar surface area (TPSA) is 35.5 Å². The van der Waals surface area contributed by atoms with E-state index in [2.05, 4.69) is 524 Å². The first-order valence-corrected chi connectivity index (χ1v) is 47.2. The number of rotatable bonds is 12. The summed E-state index contributed by atoms with van der Waals surface area (Å²) in [6, 6.07) is 161. The summed E-state index contributed by atoms with van der Waals surface area (Å²) in [7, 11) is -6.01. The van der Waals surface area contributed by atoms with Gasteiger partial charge in [-0.2, -0.15) is 0 Å². The number of fused-ring (bicyclic) bond motifs is 15. The highest BCUT2D eigenvalue weighted by Gasteiger charge is 2.45. The zero-order valence-corrected chi connectivity index (χ0v) is 72.7. The van der Waals surface area contributed by atoms with E-state index >= 15 is 0 Å². The van der Waals surface area contributed by atoms with E-state index in [-0.39, 0.29) is 0 Å². The summed E-state index contributed by atoms with van der Waals surface area (Å²) in [5.74, 6) is 0. The Bertz CT molecular complexity index is 6850. The number of hydrogen-bond donors (Lipinski definition) is 1. The fourth-order valence-corrected chi connectivity index (χ4v) is 32.2. The average molecular weight is 1820 g/mol. The van der Waals surface area contributed by atoms with Crippen molar-refractivity contribution < 1.29 is 0 Å². The van der Waals surface area contributed by atoms with E-state index in [0.717, 1.165) is 40.6 Å². The molecule has 0 saturated heterocycles. The minimum absolute atomic E-state index is 1.07. The molecule has 0 unspecified atom stereocenters. The van der Waals surface area contributed by atoms with Crippen LogP contribution in [0.25, 0.3) is 132 Å². The van der Waals surface area contributed by atoms with Gasteiger partial charge >= 0.3 is 0 Å². The van der Waals surface area contributed by atoms with Gasteiger partial charge in [-0.15, -0.1) is 0 Å². The fourth-order valence-electron chi connectivity index (χ4n) is 19.0. The van der Waals surface area contributed by atoms with E-state index in [0.29, 0.717) is 0 Å². The Labute approximate surface area is 724 Å². The molecule has 0 fully saturated rings. The smallest absolute Gasteiger partial charge is 0.179 e. The number of halogens is 4. The molecule has 0 aliphatic carbocycles. The third kappa shape index (κ3) is 12.7. The van der Waals surface area contributed by atoms with Gasteiger partial charge in [0.2, 0.25) is 0 Å². The van der Waals surface area contributed by atoms with Gasteiger partial charge in [-0.1, -0.05) is 367 Å². The van der Waals surface area contributed by atoms with E-state index in [4.69, 9.17) is 0 Å². The molecule has 0 spiro atoms. The summed E-state index contributed by atoms with van der Waals surface area (Å²) >= 11 is 14.9. The Balaban J connectivity index is 0.000000170. The molecule has 5 heterocycles. The number of H-pyrrole nitrogens is 1. The van der Waals surface area contributed by atoms with Gasteiger partial charge in [0.1, 0.15) is 0 Å². The summed E-state index contributed by atoms with van der Waals surface area (Å²) in [5.41, 5.74) is 16.3. The van der Waals surface area contributed by atoms with Crippen molar-refractivity contribution in [3.8, 4) is 22.7 Å². The Morgan fingerprint density at radius 3 is 0.555 bits per heavy atom. The summed E-state index contributed by atoms with van der Waals surface area (Å²) in [5, 5.41) is 23.0. The number of aromatic nitrogens is 5. The van der Waals surface area contributed by atoms with Crippen LogP contribution in [0.4, 0.5) is 0 Å². The molecule has 0 saturated carbocycles. The molecule has 566 valence electrons. The zero-order chi connectivity index (χ0) is 79.7. The van der Waals surface area contributed by atoms with Crippen molar-refractivity contribution in [1.29, 1.82) is 0 Å². The number of benzene rings is 18. The Hall–Kier alpha value is -12.7. The third-order valence-electron chi connectivity index (χ3n) is 23.9. The quantitative estimate of drug-likeness (QED) is 0.0935. The first-order valence-electron chi connectivity index (χ1n) is 40.0. The fraction of sp³-hybridized carbons (Fsp3) is 0. The monoisotopic (exact) mass is 1810 g/mol. The van der Waals surface area contributed by atoms with Crippen molar-refractivity contribution in [2.75, 3.05) is 0 Å². The molecule has 1 N–H and O–H groups in total. The molecule has 11 heteroatoms. The van der Waals surface area contributed by atoms with Gasteiger partial charge in [-0.25, -0.2) is 0 Å². The van der Waals surface area contributed by atoms with Crippen LogP contribution < -0.4 is 41.5 Å². The molecular weight excluding hydrogens is 1740 g/mol. The minimum Gasteiger partial charge on any atom is -0.355 e. The van der Waals surface area contributed by atoms with Crippen LogP contribution >= 0.6 is 63.7 Å². The van der Waals surface area contributed by atoms with E-state index < -0.39 is 16.1 Å². The highest BCUT2D eigenvalue weighted by atomic mass is 79.9. The van der Waals surface area contributed by atoms with E-state index in [1.807, 2.05) is 0 Å². The number of nitrogens with one attached hydrogen (secondary N) is 1. The molecule has 119 heavy (non-hydrogen) atoms. The second-order valence-corrected chi connectivity index (χ2v) is 41.7. The molecule has 0 radical (unpaired) electrons. The van der Waals surface area contributed by atoms with E-state index in [1.165, 1.54) is 151 Å². The first kappa shape index (κ1) is 73.9. The van der Waals surface area contributed by atoms with Crippen molar-refractivity contribution in [3.63, 3.8) is 0 Å². The van der Waals surface area contributed by atoms with Crippen molar-refractivity contribution in [2.24, 2.45) is 0 Å². The maximum absolute atomic E-state index is 3.73. The highest BCUT2D eigenvalue weighted by molar-refractivity contribution is 9.11. The highest BCUT2D eigenvalue weighted by Crippen LogP contribution is 2.40. The SMILES string of the molecule is Brc1cc(Br)cc([Si](c2ccccc2)(c2ccccc2)c2cc(Br)cc(Br)c2)c1.c1ccc([Si](c2ccccc2)(c2cc(-n3c4ccccc4c4ccccc43)cc(-n3c4ccccc4c4ccccc43)c2)c2cc(-n3c4ccccc4c4ccccc43)cc(-n3c4ccccc4c4ccccc43)c2)cc1.c1ccc2c(c1)[nH]c1ccccc12. The normalized spacial score (nSPS) is 11.9. The van der Waals surface area contributed by atoms with Crippen LogP contribution in [0, 0.1) is 0 Å². The lowest BCUT2D eigenvalue weighted by molar-refractivity contribution is 1.14. The molecule has 23 rings (SSSR count). The molecule has 0 aliphatic rings. The summed E-state index contributed by atoms with van der Waals surface area (Å²) in [4.78, 5) is 3.38. The molecule has 5 aromatic heterocycles. The lowest BCUT2D eigenvalue weighted by atomic mass is 10.2. The van der Waals surface area contributed by atoms with Crippen molar-refractivity contribution >= 4 is 230 Å². The molecule has 5 nitrogen and oxygen atoms in total. The van der Waals surface area contributed by atoms with Gasteiger partial charge in [-0.05, 0) is 175 Å². The molecule has 0 aliphatic heterocycles. The zero-order valence-electron chi connectivity index (χ0n) is 64.4. The summed E-state index contributed by atoms with van der Waals surface area (Å²) in [6.07, 6.45) is 0. The largest absolute Gasteiger partial charge is 0.355 e. The van der Waals surface area contributed by atoms with Crippen LogP contribution in [0.3, 0.4) is 0 Å². The average Bonchev–Trinajstić information content (AvgIpc) is 1.34. The molecule has 18 aromatic carbocycles. The lowest BCUT2D eigenvalue weighted by Crippen LogP contribution is -2.75. The molecular formula is C108H73Br4N5Si2. The maximum Gasteiger partial charge on any atom is 0.179 e. The standard InChI is InChI=1S/C72H48N4Si.C24H16Br4Si.C12H9N/c1-3-23-53(24-4-1)77(54-25-5-2-6-26-54,55-45-49(73-65-35-15-7-27-57(65)58-28-8-16-36-66(58)73)43-50(46-55)74-67-37-17-9-29-59(67)60-30-10-18-38-68(60)74)56-47-51(75-69-39-19-11-31-61(69)62-32-12-20-40-70(62)75)44-52(48-56)76-71-41-21-13-33-63(71)64-34-14-22-42-72(64)76;25-17-11-18(26)14-23(13-17)29(21-7-3-1-4-8-21,22-9-5-2-6-10-22)24-15-19(27)12-20(28)16-24;1-3-7-11-9(5-1)10-6-2-4-8-12(10)13-11/h1-48H;1-16H;1-8,13H. The Morgan fingerprint density at radius 1 is 0.160 bits per heavy atom. The van der Waals surface area contributed by atoms with Gasteiger partial charge in [0.05, 0.1) is 44.1 Å². The summed E-state index contributed by atoms with van der Waals surface area (Å²) in [6.45, 7) is 0. The van der Waals surface area contributed by atoms with Crippen LogP contribution in [0.1, 0.15) is 0 Å². The first-order chi connectivity index (χ1) is 58.7. The number of nitrogens with zero attached hydrogens (tertiary/aromatic N) is 4. The maximum atomic E-state index is 3.73. The van der Waals surface area contributed by atoms with Gasteiger partial charge in [0, 0.05) is 106 Å². The number of aromatic amines is 1. The van der Waals surface area contributed by atoms with Crippen LogP contribution in [-0.2, 0) is 0 Å². The predicted molar refractivity (Wildman–Crippen MR) is 524 cm³/mol. The van der Waals surface area contributed by atoms with E-state index in [9.17, 15) is 0 Å². The predicted octanol–water partition coefficient (Wildman–Crippen LogP) is 24.9. The molecule has 0 bridgehead atoms. The number of hydrogen-bond acceptors (Lipinski definition) is 0. The molecule has 23 aromatic rings. The van der Waals surface area contributed by atoms with E-state index in [1.54, 1.807) is 0 Å². The van der Waals surface area contributed by atoms with Gasteiger partial charge < -0.3 is 23.3 Å². The van der Waals surface area contributed by atoms with Gasteiger partial charge in [0.15, 0.2) is 16.1 Å². The van der Waals surface area contributed by atoms with Crippen molar-refractivity contribution in [3.05, 3.63) is 455 Å². The number of para-hydroxylation sites is 10. The van der Waals surface area contributed by atoms with Crippen molar-refractivity contribution in [2.45, 2.75) is 0 Å². The van der Waals surface area contributed by atoms with Crippen LogP contribution in [-0.4, -0.2) is 39.4 Å². The second-order valence-electron chi connectivity index (χ2n) is 30.5.